The maximum Gasteiger partial charge on any atom is 0.325 e. The van der Waals surface area contributed by atoms with Crippen LogP contribution >= 0.6 is 7.60 Å². The van der Waals surface area contributed by atoms with Crippen LogP contribution in [0.2, 0.25) is 0 Å². The Bertz CT molecular complexity index is 263. The van der Waals surface area contributed by atoms with Crippen molar-refractivity contribution >= 4 is 13.5 Å². The number of amides is 1. The fourth-order valence-corrected chi connectivity index (χ4v) is 1.47. The lowest BCUT2D eigenvalue weighted by atomic mass is 10.4. The van der Waals surface area contributed by atoms with Crippen molar-refractivity contribution in [3.8, 4) is 0 Å². The van der Waals surface area contributed by atoms with Crippen LogP contribution in [0.15, 0.2) is 12.7 Å². The van der Waals surface area contributed by atoms with Gasteiger partial charge in [-0.05, 0) is 18.9 Å². The number of rotatable bonds is 9. The van der Waals surface area contributed by atoms with Gasteiger partial charge in [0.15, 0.2) is 0 Å². The number of hydrogen-bond acceptors (Lipinski definition) is 3. The minimum Gasteiger partial charge on any atom is -0.381 e. The van der Waals surface area contributed by atoms with Gasteiger partial charge in [0.25, 0.3) is 0 Å². The first-order chi connectivity index (χ1) is 7.45. The predicted molar refractivity (Wildman–Crippen MR) is 60.2 cm³/mol. The number of carbonyl (C=O) groups is 1. The average Bonchev–Trinajstić information content (AvgIpc) is 2.20. The second-order valence-electron chi connectivity index (χ2n) is 3.20. The second-order valence-corrected chi connectivity index (χ2v) is 4.98. The molecule has 16 heavy (non-hydrogen) atoms. The van der Waals surface area contributed by atoms with Gasteiger partial charge in [-0.25, -0.2) is 0 Å². The normalized spacial score (nSPS) is 11.1. The lowest BCUT2D eigenvalue weighted by Gasteiger charge is -2.05. The quantitative estimate of drug-likeness (QED) is 0.310. The third kappa shape index (κ3) is 11.4. The van der Waals surface area contributed by atoms with Gasteiger partial charge in [0.05, 0.1) is 6.16 Å². The van der Waals surface area contributed by atoms with E-state index in [0.717, 1.165) is 0 Å². The van der Waals surface area contributed by atoms with E-state index in [1.165, 1.54) is 6.08 Å². The van der Waals surface area contributed by atoms with Crippen molar-refractivity contribution in [2.75, 3.05) is 25.9 Å². The van der Waals surface area contributed by atoms with Crippen LogP contribution in [0, 0.1) is 0 Å². The predicted octanol–water partition coefficient (Wildman–Crippen LogP) is 0.263. The van der Waals surface area contributed by atoms with Gasteiger partial charge in [0, 0.05) is 19.8 Å². The molecule has 0 aromatic heterocycles. The number of hydrogen-bond donors (Lipinski definition) is 3. The first-order valence-electron chi connectivity index (χ1n) is 4.98. The van der Waals surface area contributed by atoms with Gasteiger partial charge in [-0.2, -0.15) is 0 Å². The molecule has 1 amide bonds. The van der Waals surface area contributed by atoms with Gasteiger partial charge >= 0.3 is 7.60 Å². The van der Waals surface area contributed by atoms with Gasteiger partial charge in [-0.3, -0.25) is 9.36 Å². The van der Waals surface area contributed by atoms with Gasteiger partial charge in [0.1, 0.15) is 0 Å². The standard InChI is InChI=1S/C9H18NO5P/c1-2-9(11)10-5-3-6-15-7-4-8-16(12,13)14/h2H,1,3-8H2,(H,10,11)(H2,12,13,14). The monoisotopic (exact) mass is 251 g/mol. The molecule has 0 aromatic carbocycles. The van der Waals surface area contributed by atoms with Crippen molar-refractivity contribution in [2.45, 2.75) is 12.8 Å². The van der Waals surface area contributed by atoms with Crippen LogP contribution in [0.1, 0.15) is 12.8 Å². The number of nitrogens with one attached hydrogen (secondary N) is 1. The third-order valence-corrected chi connectivity index (χ3v) is 2.59. The van der Waals surface area contributed by atoms with Crippen LogP contribution < -0.4 is 5.32 Å². The molecule has 7 heteroatoms. The molecule has 0 atom stereocenters. The molecule has 3 N–H and O–H groups in total. The van der Waals surface area contributed by atoms with Crippen molar-refractivity contribution in [3.63, 3.8) is 0 Å². The summed E-state index contributed by atoms with van der Waals surface area (Å²) in [5.74, 6) is -0.221. The Morgan fingerprint density at radius 2 is 2.00 bits per heavy atom. The number of carbonyl (C=O) groups excluding carboxylic acids is 1. The zero-order valence-corrected chi connectivity index (χ0v) is 9.99. The summed E-state index contributed by atoms with van der Waals surface area (Å²) in [6, 6.07) is 0. The van der Waals surface area contributed by atoms with E-state index >= 15 is 0 Å². The Morgan fingerprint density at radius 3 is 2.56 bits per heavy atom. The van der Waals surface area contributed by atoms with Crippen molar-refractivity contribution in [1.82, 2.24) is 5.32 Å². The van der Waals surface area contributed by atoms with Gasteiger partial charge < -0.3 is 19.8 Å². The van der Waals surface area contributed by atoms with Crippen molar-refractivity contribution in [2.24, 2.45) is 0 Å². The van der Waals surface area contributed by atoms with Gasteiger partial charge in [0.2, 0.25) is 5.91 Å². The van der Waals surface area contributed by atoms with E-state index in [1.54, 1.807) is 0 Å². The van der Waals surface area contributed by atoms with Crippen LogP contribution in [0.25, 0.3) is 0 Å². The molecule has 0 radical (unpaired) electrons. The van der Waals surface area contributed by atoms with E-state index in [1.807, 2.05) is 0 Å². The summed E-state index contributed by atoms with van der Waals surface area (Å²) in [6.07, 6.45) is 2.04. The Balaban J connectivity index is 3.19. The summed E-state index contributed by atoms with van der Waals surface area (Å²) >= 11 is 0. The van der Waals surface area contributed by atoms with E-state index in [2.05, 4.69) is 11.9 Å². The van der Waals surface area contributed by atoms with E-state index < -0.39 is 7.60 Å². The lowest BCUT2D eigenvalue weighted by molar-refractivity contribution is -0.116. The smallest absolute Gasteiger partial charge is 0.325 e. The summed E-state index contributed by atoms with van der Waals surface area (Å²) in [5, 5.41) is 2.59. The summed E-state index contributed by atoms with van der Waals surface area (Å²) in [7, 11) is -3.89. The molecule has 94 valence electrons. The molecule has 0 aliphatic heterocycles. The maximum atomic E-state index is 10.7. The molecule has 0 bridgehead atoms. The Hall–Kier alpha value is -0.680. The molecule has 0 aliphatic carbocycles. The summed E-state index contributed by atoms with van der Waals surface area (Å²) < 4.78 is 15.6. The van der Waals surface area contributed by atoms with E-state index in [4.69, 9.17) is 14.5 Å². The SMILES string of the molecule is C=CC(=O)NCCCOCCCP(=O)(O)O. The first kappa shape index (κ1) is 15.3. The molecule has 0 saturated heterocycles. The van der Waals surface area contributed by atoms with Crippen molar-refractivity contribution < 1.29 is 23.9 Å². The molecule has 0 rings (SSSR count). The van der Waals surface area contributed by atoms with Crippen LogP contribution in [-0.4, -0.2) is 41.6 Å². The summed E-state index contributed by atoms with van der Waals surface area (Å²) in [5.41, 5.74) is 0. The summed E-state index contributed by atoms with van der Waals surface area (Å²) in [6.45, 7) is 4.59. The second kappa shape index (κ2) is 8.47. The van der Waals surface area contributed by atoms with Crippen molar-refractivity contribution in [1.29, 1.82) is 0 Å². The fourth-order valence-electron chi connectivity index (χ4n) is 0.933. The van der Waals surface area contributed by atoms with E-state index in [0.29, 0.717) is 32.6 Å². The molecule has 0 heterocycles. The average molecular weight is 251 g/mol. The summed E-state index contributed by atoms with van der Waals surface area (Å²) in [4.78, 5) is 27.8. The zero-order valence-electron chi connectivity index (χ0n) is 9.09. The van der Waals surface area contributed by atoms with Gasteiger partial charge in [-0.1, -0.05) is 6.58 Å². The largest absolute Gasteiger partial charge is 0.381 e. The molecule has 6 nitrogen and oxygen atoms in total. The minimum absolute atomic E-state index is 0.153. The first-order valence-corrected chi connectivity index (χ1v) is 6.78. The van der Waals surface area contributed by atoms with E-state index in [9.17, 15) is 9.36 Å². The van der Waals surface area contributed by atoms with Crippen LogP contribution in [0.3, 0.4) is 0 Å². The Kier molecular flexibility index (Phi) is 8.11. The molecular formula is C9H18NO5P. The number of ether oxygens (including phenoxy) is 1. The third-order valence-electron chi connectivity index (χ3n) is 1.69. The highest BCUT2D eigenvalue weighted by Crippen LogP contribution is 2.34. The zero-order chi connectivity index (χ0) is 12.4. The molecule has 0 spiro atoms. The maximum absolute atomic E-state index is 10.7. The van der Waals surface area contributed by atoms with Crippen molar-refractivity contribution in [3.05, 3.63) is 12.7 Å². The Labute approximate surface area is 94.8 Å². The molecule has 0 unspecified atom stereocenters. The highest BCUT2D eigenvalue weighted by atomic mass is 31.2. The highest BCUT2D eigenvalue weighted by molar-refractivity contribution is 7.51. The van der Waals surface area contributed by atoms with Gasteiger partial charge in [-0.15, -0.1) is 0 Å². The molecule has 0 aromatic rings. The minimum atomic E-state index is -3.89. The van der Waals surface area contributed by atoms with Crippen LogP contribution in [0.4, 0.5) is 0 Å². The van der Waals surface area contributed by atoms with Crippen LogP contribution in [0.5, 0.6) is 0 Å². The Morgan fingerprint density at radius 1 is 1.38 bits per heavy atom. The van der Waals surface area contributed by atoms with Crippen LogP contribution in [-0.2, 0) is 14.1 Å². The lowest BCUT2D eigenvalue weighted by Crippen LogP contribution is -2.22. The molecular weight excluding hydrogens is 233 g/mol. The fraction of sp³-hybridized carbons (Fsp3) is 0.667. The highest BCUT2D eigenvalue weighted by Gasteiger charge is 2.11. The van der Waals surface area contributed by atoms with E-state index in [-0.39, 0.29) is 12.1 Å². The molecule has 0 fully saturated rings. The molecule has 0 saturated carbocycles. The molecule has 0 aliphatic rings. The topological polar surface area (TPSA) is 95.9 Å².